The molecule has 33 heavy (non-hydrogen) atoms. The van der Waals surface area contributed by atoms with Crippen LogP contribution in [0.1, 0.15) is 61.6 Å². The Morgan fingerprint density at radius 2 is 1.21 bits per heavy atom. The molecule has 0 spiro atoms. The number of aliphatic hydroxyl groups is 1. The lowest BCUT2D eigenvalue weighted by Crippen LogP contribution is -2.33. The number of benzene rings is 3. The summed E-state index contributed by atoms with van der Waals surface area (Å²) in [5.41, 5.74) is 2.81. The van der Waals surface area contributed by atoms with Crippen LogP contribution >= 0.6 is 0 Å². The van der Waals surface area contributed by atoms with Crippen molar-refractivity contribution in [2.75, 3.05) is 6.61 Å². The minimum absolute atomic E-state index is 0.113. The van der Waals surface area contributed by atoms with Gasteiger partial charge in [0.05, 0.1) is 6.10 Å². The summed E-state index contributed by atoms with van der Waals surface area (Å²) >= 11 is 0. The third-order valence-electron chi connectivity index (χ3n) is 7.90. The number of hydrogen-bond acceptors (Lipinski definition) is 2. The van der Waals surface area contributed by atoms with E-state index >= 15 is 0 Å². The fraction of sp³-hybridized carbons (Fsp3) is 0.419. The molecule has 1 N–H and O–H groups in total. The molecule has 2 aliphatic carbocycles. The predicted octanol–water partition coefficient (Wildman–Crippen LogP) is 6.96. The zero-order chi connectivity index (χ0) is 22.5. The first kappa shape index (κ1) is 22.4. The Bertz CT molecular complexity index is 883. The Morgan fingerprint density at radius 1 is 0.727 bits per heavy atom. The van der Waals surface area contributed by atoms with E-state index in [1.165, 1.54) is 32.1 Å². The molecule has 3 atom stereocenters. The molecule has 2 fully saturated rings. The SMILES string of the molecule is O[C@H](C1CCCCC1)[C@@H]1C[C@H]1CCOC(c1ccccc1)(c1ccccc1)c1ccccc1. The second-order valence-corrected chi connectivity index (χ2v) is 9.96. The molecule has 2 saturated carbocycles. The van der Waals surface area contributed by atoms with Gasteiger partial charge in [0, 0.05) is 6.61 Å². The summed E-state index contributed by atoms with van der Waals surface area (Å²) in [6, 6.07) is 31.8. The second kappa shape index (κ2) is 10.2. The first-order chi connectivity index (χ1) is 16.3. The van der Waals surface area contributed by atoms with Crippen molar-refractivity contribution in [1.29, 1.82) is 0 Å². The van der Waals surface area contributed by atoms with Crippen LogP contribution in [-0.2, 0) is 10.3 Å². The van der Waals surface area contributed by atoms with Crippen LogP contribution in [0.4, 0.5) is 0 Å². The third kappa shape index (κ3) is 4.78. The molecule has 2 aliphatic rings. The van der Waals surface area contributed by atoms with Gasteiger partial charge in [0.2, 0.25) is 0 Å². The first-order valence-corrected chi connectivity index (χ1v) is 12.8. The molecule has 0 heterocycles. The van der Waals surface area contributed by atoms with Crippen molar-refractivity contribution in [2.24, 2.45) is 17.8 Å². The van der Waals surface area contributed by atoms with E-state index in [9.17, 15) is 5.11 Å². The van der Waals surface area contributed by atoms with E-state index in [-0.39, 0.29) is 6.10 Å². The minimum atomic E-state index is -0.643. The van der Waals surface area contributed by atoms with E-state index in [1.54, 1.807) is 0 Å². The summed E-state index contributed by atoms with van der Waals surface area (Å²) in [7, 11) is 0. The van der Waals surface area contributed by atoms with Gasteiger partial charge in [-0.3, -0.25) is 0 Å². The van der Waals surface area contributed by atoms with E-state index < -0.39 is 5.60 Å². The van der Waals surface area contributed by atoms with Gasteiger partial charge in [-0.1, -0.05) is 110 Å². The smallest absolute Gasteiger partial charge is 0.143 e. The van der Waals surface area contributed by atoms with E-state index in [0.29, 0.717) is 24.4 Å². The Labute approximate surface area is 198 Å². The van der Waals surface area contributed by atoms with E-state index in [1.807, 2.05) is 0 Å². The standard InChI is InChI=1S/C31H36O2/c32-30(24-13-5-1-6-14-24)29-23-25(29)21-22-33-31(26-15-7-2-8-16-26,27-17-9-3-10-18-27)28-19-11-4-12-20-28/h2-4,7-12,15-20,24-25,29-30,32H,1,5-6,13-14,21-23H2/t25-,29-,30-/m1/s1. The number of hydrogen-bond donors (Lipinski definition) is 1. The highest BCUT2D eigenvalue weighted by Crippen LogP contribution is 2.48. The van der Waals surface area contributed by atoms with Gasteiger partial charge in [0.25, 0.3) is 0 Å². The summed E-state index contributed by atoms with van der Waals surface area (Å²) in [6.07, 6.45) is 8.37. The van der Waals surface area contributed by atoms with Gasteiger partial charge in [0.15, 0.2) is 0 Å². The van der Waals surface area contributed by atoms with Crippen LogP contribution < -0.4 is 0 Å². The van der Waals surface area contributed by atoms with Crippen molar-refractivity contribution >= 4 is 0 Å². The van der Waals surface area contributed by atoms with Gasteiger partial charge in [-0.25, -0.2) is 0 Å². The molecule has 0 radical (unpaired) electrons. The summed E-state index contributed by atoms with van der Waals surface area (Å²) in [4.78, 5) is 0. The molecular formula is C31H36O2. The molecule has 5 rings (SSSR count). The molecule has 0 amide bonds. The lowest BCUT2D eigenvalue weighted by atomic mass is 9.80. The van der Waals surface area contributed by atoms with E-state index in [4.69, 9.17) is 4.74 Å². The Balaban J connectivity index is 1.36. The van der Waals surface area contributed by atoms with Crippen LogP contribution in [0.2, 0.25) is 0 Å². The summed E-state index contributed by atoms with van der Waals surface area (Å²) in [5, 5.41) is 10.9. The topological polar surface area (TPSA) is 29.5 Å². The van der Waals surface area contributed by atoms with Gasteiger partial charge in [-0.15, -0.1) is 0 Å². The van der Waals surface area contributed by atoms with Gasteiger partial charge in [-0.2, -0.15) is 0 Å². The molecule has 2 heteroatoms. The normalized spacial score (nSPS) is 22.1. The molecule has 172 valence electrons. The second-order valence-electron chi connectivity index (χ2n) is 9.96. The van der Waals surface area contributed by atoms with Crippen molar-refractivity contribution in [1.82, 2.24) is 0 Å². The highest BCUT2D eigenvalue weighted by molar-refractivity contribution is 5.47. The van der Waals surface area contributed by atoms with E-state index in [0.717, 1.165) is 29.5 Å². The van der Waals surface area contributed by atoms with Crippen molar-refractivity contribution in [3.05, 3.63) is 108 Å². The quantitative estimate of drug-likeness (QED) is 0.364. The Morgan fingerprint density at radius 3 is 1.70 bits per heavy atom. The largest absolute Gasteiger partial charge is 0.393 e. The lowest BCUT2D eigenvalue weighted by molar-refractivity contribution is 0.00625. The van der Waals surface area contributed by atoms with Crippen LogP contribution in [0.3, 0.4) is 0 Å². The number of ether oxygens (including phenoxy) is 1. The average molecular weight is 441 g/mol. The number of rotatable bonds is 9. The minimum Gasteiger partial charge on any atom is -0.393 e. The molecule has 3 aromatic carbocycles. The van der Waals surface area contributed by atoms with Gasteiger partial charge in [0.1, 0.15) is 5.60 Å². The zero-order valence-corrected chi connectivity index (χ0v) is 19.5. The van der Waals surface area contributed by atoms with Gasteiger partial charge in [-0.05, 0) is 60.1 Å². The van der Waals surface area contributed by atoms with Crippen LogP contribution in [0.25, 0.3) is 0 Å². The molecule has 0 aromatic heterocycles. The molecule has 3 aromatic rings. The third-order valence-corrected chi connectivity index (χ3v) is 7.90. The van der Waals surface area contributed by atoms with Crippen LogP contribution in [-0.4, -0.2) is 17.8 Å². The molecule has 0 unspecified atom stereocenters. The highest BCUT2D eigenvalue weighted by Gasteiger charge is 2.45. The first-order valence-electron chi connectivity index (χ1n) is 12.8. The van der Waals surface area contributed by atoms with Gasteiger partial charge < -0.3 is 9.84 Å². The highest BCUT2D eigenvalue weighted by atomic mass is 16.5. The zero-order valence-electron chi connectivity index (χ0n) is 19.5. The van der Waals surface area contributed by atoms with Crippen molar-refractivity contribution < 1.29 is 9.84 Å². The van der Waals surface area contributed by atoms with Crippen LogP contribution in [0, 0.1) is 17.8 Å². The molecular weight excluding hydrogens is 404 g/mol. The van der Waals surface area contributed by atoms with Crippen molar-refractivity contribution in [3.63, 3.8) is 0 Å². The summed E-state index contributed by atoms with van der Waals surface area (Å²) in [5.74, 6) is 1.57. The maximum absolute atomic E-state index is 10.9. The maximum atomic E-state index is 10.9. The maximum Gasteiger partial charge on any atom is 0.143 e. The van der Waals surface area contributed by atoms with Crippen molar-refractivity contribution in [2.45, 2.75) is 56.7 Å². The van der Waals surface area contributed by atoms with Crippen molar-refractivity contribution in [3.8, 4) is 0 Å². The van der Waals surface area contributed by atoms with Crippen LogP contribution in [0.5, 0.6) is 0 Å². The summed E-state index contributed by atoms with van der Waals surface area (Å²) < 4.78 is 6.93. The Kier molecular flexibility index (Phi) is 6.94. The molecule has 0 aliphatic heterocycles. The average Bonchev–Trinajstić information content (AvgIpc) is 3.68. The lowest BCUT2D eigenvalue weighted by Gasteiger charge is -2.36. The molecule has 2 nitrogen and oxygen atoms in total. The van der Waals surface area contributed by atoms with Gasteiger partial charge >= 0.3 is 0 Å². The summed E-state index contributed by atoms with van der Waals surface area (Å²) in [6.45, 7) is 0.678. The Hall–Kier alpha value is -2.42. The molecule has 0 bridgehead atoms. The number of aliphatic hydroxyl groups excluding tert-OH is 1. The molecule has 0 saturated heterocycles. The van der Waals surface area contributed by atoms with Crippen LogP contribution in [0.15, 0.2) is 91.0 Å². The fourth-order valence-corrected chi connectivity index (χ4v) is 5.98. The predicted molar refractivity (Wildman–Crippen MR) is 134 cm³/mol. The fourth-order valence-electron chi connectivity index (χ4n) is 5.98. The van der Waals surface area contributed by atoms with E-state index in [2.05, 4.69) is 91.0 Å². The monoisotopic (exact) mass is 440 g/mol.